The van der Waals surface area contributed by atoms with Crippen LogP contribution in [0, 0.1) is 11.7 Å². The minimum atomic E-state index is -0.119. The molecular weight excluding hydrogens is 201 g/mol. The Morgan fingerprint density at radius 1 is 1.50 bits per heavy atom. The second-order valence-corrected chi connectivity index (χ2v) is 4.90. The Labute approximate surface area is 97.1 Å². The van der Waals surface area contributed by atoms with Crippen molar-refractivity contribution < 1.29 is 4.39 Å². The lowest BCUT2D eigenvalue weighted by Crippen LogP contribution is -2.30. The summed E-state index contributed by atoms with van der Waals surface area (Å²) in [5.41, 5.74) is 1.13. The first-order chi connectivity index (χ1) is 7.75. The number of benzene rings is 1. The average molecular weight is 221 g/mol. The first-order valence-electron chi connectivity index (χ1n) is 6.22. The predicted molar refractivity (Wildman–Crippen MR) is 65.0 cm³/mol. The lowest BCUT2D eigenvalue weighted by atomic mass is 9.86. The highest BCUT2D eigenvalue weighted by Gasteiger charge is 2.17. The van der Waals surface area contributed by atoms with Gasteiger partial charge in [0.1, 0.15) is 5.82 Å². The largest absolute Gasteiger partial charge is 0.316 e. The van der Waals surface area contributed by atoms with E-state index in [1.165, 1.54) is 18.9 Å². The van der Waals surface area contributed by atoms with Crippen molar-refractivity contribution in [3.8, 4) is 0 Å². The Morgan fingerprint density at radius 3 is 3.06 bits per heavy atom. The van der Waals surface area contributed by atoms with Gasteiger partial charge in [-0.1, -0.05) is 19.1 Å². The van der Waals surface area contributed by atoms with Crippen molar-refractivity contribution in [3.63, 3.8) is 0 Å². The molecule has 0 aliphatic carbocycles. The second-order valence-electron chi connectivity index (χ2n) is 4.90. The summed E-state index contributed by atoms with van der Waals surface area (Å²) >= 11 is 0. The molecule has 1 heterocycles. The first kappa shape index (κ1) is 11.6. The number of hydrogen-bond donors (Lipinski definition) is 1. The Morgan fingerprint density at radius 2 is 2.38 bits per heavy atom. The molecule has 0 spiro atoms. The van der Waals surface area contributed by atoms with Crippen LogP contribution in [0.1, 0.15) is 37.7 Å². The van der Waals surface area contributed by atoms with Crippen molar-refractivity contribution in [2.24, 2.45) is 5.92 Å². The maximum Gasteiger partial charge on any atom is 0.123 e. The van der Waals surface area contributed by atoms with E-state index in [1.54, 1.807) is 12.1 Å². The van der Waals surface area contributed by atoms with Crippen LogP contribution in [-0.4, -0.2) is 13.1 Å². The van der Waals surface area contributed by atoms with E-state index in [2.05, 4.69) is 12.2 Å². The van der Waals surface area contributed by atoms with Crippen molar-refractivity contribution in [1.29, 1.82) is 0 Å². The SMILES string of the molecule is CC(CC1CCCNC1)c1cccc(F)c1. The van der Waals surface area contributed by atoms with E-state index in [0.29, 0.717) is 5.92 Å². The maximum atomic E-state index is 13.1. The Hall–Kier alpha value is -0.890. The van der Waals surface area contributed by atoms with Crippen LogP contribution in [0.15, 0.2) is 24.3 Å². The normalized spacial score (nSPS) is 23.0. The Bertz CT molecular complexity index is 331. The molecule has 1 saturated heterocycles. The molecule has 1 fully saturated rings. The number of hydrogen-bond acceptors (Lipinski definition) is 1. The third kappa shape index (κ3) is 3.05. The van der Waals surface area contributed by atoms with Gasteiger partial charge in [0.05, 0.1) is 0 Å². The minimum absolute atomic E-state index is 0.119. The Kier molecular flexibility index (Phi) is 3.94. The Balaban J connectivity index is 1.94. The molecule has 0 bridgehead atoms. The predicted octanol–water partition coefficient (Wildman–Crippen LogP) is 3.32. The van der Waals surface area contributed by atoms with Crippen molar-refractivity contribution in [1.82, 2.24) is 5.32 Å². The minimum Gasteiger partial charge on any atom is -0.316 e. The summed E-state index contributed by atoms with van der Waals surface area (Å²) in [4.78, 5) is 0. The molecule has 2 atom stereocenters. The fraction of sp³-hybridized carbons (Fsp3) is 0.571. The van der Waals surface area contributed by atoms with Crippen LogP contribution < -0.4 is 5.32 Å². The summed E-state index contributed by atoms with van der Waals surface area (Å²) in [6.45, 7) is 4.48. The van der Waals surface area contributed by atoms with E-state index >= 15 is 0 Å². The zero-order chi connectivity index (χ0) is 11.4. The van der Waals surface area contributed by atoms with Gasteiger partial charge < -0.3 is 5.32 Å². The summed E-state index contributed by atoms with van der Waals surface area (Å²) < 4.78 is 13.1. The van der Waals surface area contributed by atoms with E-state index in [-0.39, 0.29) is 5.82 Å². The van der Waals surface area contributed by atoms with Crippen LogP contribution in [0.25, 0.3) is 0 Å². The number of piperidine rings is 1. The molecule has 0 amide bonds. The summed E-state index contributed by atoms with van der Waals surface area (Å²) in [6.07, 6.45) is 3.75. The lowest BCUT2D eigenvalue weighted by Gasteiger charge is -2.25. The van der Waals surface area contributed by atoms with Gasteiger partial charge in [0.25, 0.3) is 0 Å². The van der Waals surface area contributed by atoms with Crippen LogP contribution >= 0.6 is 0 Å². The van der Waals surface area contributed by atoms with Crippen LogP contribution in [-0.2, 0) is 0 Å². The summed E-state index contributed by atoms with van der Waals surface area (Å²) in [5, 5.41) is 3.43. The summed E-state index contributed by atoms with van der Waals surface area (Å²) in [5.74, 6) is 1.10. The number of rotatable bonds is 3. The van der Waals surface area contributed by atoms with Crippen molar-refractivity contribution in [3.05, 3.63) is 35.6 Å². The van der Waals surface area contributed by atoms with E-state index in [4.69, 9.17) is 0 Å². The lowest BCUT2D eigenvalue weighted by molar-refractivity contribution is 0.340. The topological polar surface area (TPSA) is 12.0 Å². The van der Waals surface area contributed by atoms with Gasteiger partial charge in [0, 0.05) is 0 Å². The molecule has 1 N–H and O–H groups in total. The summed E-state index contributed by atoms with van der Waals surface area (Å²) in [6, 6.07) is 7.02. The fourth-order valence-electron chi connectivity index (χ4n) is 2.57. The molecule has 1 aliphatic rings. The van der Waals surface area contributed by atoms with Gasteiger partial charge in [-0.2, -0.15) is 0 Å². The highest BCUT2D eigenvalue weighted by atomic mass is 19.1. The molecule has 2 heteroatoms. The van der Waals surface area contributed by atoms with Crippen LogP contribution in [0.5, 0.6) is 0 Å². The van der Waals surface area contributed by atoms with E-state index < -0.39 is 0 Å². The standard InChI is InChI=1S/C14H20FN/c1-11(8-12-4-3-7-16-10-12)13-5-2-6-14(15)9-13/h2,5-6,9,11-12,16H,3-4,7-8,10H2,1H3. The quantitative estimate of drug-likeness (QED) is 0.825. The highest BCUT2D eigenvalue weighted by molar-refractivity contribution is 5.20. The molecular formula is C14H20FN. The molecule has 1 nitrogen and oxygen atoms in total. The van der Waals surface area contributed by atoms with Gasteiger partial charge in [-0.05, 0) is 61.9 Å². The highest BCUT2D eigenvalue weighted by Crippen LogP contribution is 2.26. The van der Waals surface area contributed by atoms with Crippen LogP contribution in [0.3, 0.4) is 0 Å². The van der Waals surface area contributed by atoms with Crippen LogP contribution in [0.2, 0.25) is 0 Å². The molecule has 1 aromatic carbocycles. The monoisotopic (exact) mass is 221 g/mol. The third-order valence-electron chi connectivity index (χ3n) is 3.50. The van der Waals surface area contributed by atoms with E-state index in [9.17, 15) is 4.39 Å². The van der Waals surface area contributed by atoms with Gasteiger partial charge in [-0.15, -0.1) is 0 Å². The van der Waals surface area contributed by atoms with Crippen LogP contribution in [0.4, 0.5) is 4.39 Å². The molecule has 88 valence electrons. The van der Waals surface area contributed by atoms with Gasteiger partial charge in [-0.25, -0.2) is 4.39 Å². The number of nitrogens with one attached hydrogen (secondary N) is 1. The van der Waals surface area contributed by atoms with Crippen molar-refractivity contribution in [2.45, 2.75) is 32.1 Å². The molecule has 0 aromatic heterocycles. The third-order valence-corrected chi connectivity index (χ3v) is 3.50. The van der Waals surface area contributed by atoms with E-state index in [1.807, 2.05) is 6.07 Å². The molecule has 1 aliphatic heterocycles. The molecule has 2 rings (SSSR count). The first-order valence-corrected chi connectivity index (χ1v) is 6.22. The zero-order valence-corrected chi connectivity index (χ0v) is 9.88. The molecule has 0 radical (unpaired) electrons. The second kappa shape index (κ2) is 5.44. The molecule has 16 heavy (non-hydrogen) atoms. The van der Waals surface area contributed by atoms with Crippen molar-refractivity contribution >= 4 is 0 Å². The maximum absolute atomic E-state index is 13.1. The van der Waals surface area contributed by atoms with Crippen molar-refractivity contribution in [2.75, 3.05) is 13.1 Å². The summed E-state index contributed by atoms with van der Waals surface area (Å²) in [7, 11) is 0. The molecule has 2 unspecified atom stereocenters. The van der Waals surface area contributed by atoms with Gasteiger partial charge in [-0.3, -0.25) is 0 Å². The van der Waals surface area contributed by atoms with Gasteiger partial charge in [0.2, 0.25) is 0 Å². The number of halogens is 1. The fourth-order valence-corrected chi connectivity index (χ4v) is 2.57. The van der Waals surface area contributed by atoms with Gasteiger partial charge >= 0.3 is 0 Å². The smallest absolute Gasteiger partial charge is 0.123 e. The molecule has 0 saturated carbocycles. The van der Waals surface area contributed by atoms with Gasteiger partial charge in [0.15, 0.2) is 0 Å². The van der Waals surface area contributed by atoms with E-state index in [0.717, 1.165) is 31.0 Å². The zero-order valence-electron chi connectivity index (χ0n) is 9.88. The average Bonchev–Trinajstić information content (AvgIpc) is 2.30. The molecule has 1 aromatic rings.